The highest BCUT2D eigenvalue weighted by Crippen LogP contribution is 2.32. The van der Waals surface area contributed by atoms with E-state index in [0.717, 1.165) is 5.56 Å². The van der Waals surface area contributed by atoms with Crippen molar-refractivity contribution in [3.8, 4) is 0 Å². The molecule has 0 bridgehead atoms. The van der Waals surface area contributed by atoms with Crippen molar-refractivity contribution in [1.29, 1.82) is 0 Å². The van der Waals surface area contributed by atoms with Crippen LogP contribution in [0.2, 0.25) is 0 Å². The van der Waals surface area contributed by atoms with Crippen LogP contribution >= 0.6 is 10.7 Å². The van der Waals surface area contributed by atoms with Gasteiger partial charge in [-0.15, -0.1) is 0 Å². The first-order valence-electron chi connectivity index (χ1n) is 6.05. The molecule has 0 aromatic heterocycles. The zero-order chi connectivity index (χ0) is 14.1. The maximum atomic E-state index is 11.3. The SMILES string of the molecule is Cc1ccc(C(C)(C)CC(C)S(=O)(=O)Cl)cc1C. The lowest BCUT2D eigenvalue weighted by atomic mass is 9.79. The molecule has 0 aliphatic rings. The molecule has 1 unspecified atom stereocenters. The molecule has 2 nitrogen and oxygen atoms in total. The standard InChI is InChI=1S/C14H21ClO2S/c1-10-6-7-13(8-11(10)2)14(4,5)9-12(3)18(15,16)17/h6-8,12H,9H2,1-5H3. The van der Waals surface area contributed by atoms with Gasteiger partial charge in [0.05, 0.1) is 5.25 Å². The predicted molar refractivity (Wildman–Crippen MR) is 77.8 cm³/mol. The van der Waals surface area contributed by atoms with Gasteiger partial charge in [-0.3, -0.25) is 0 Å². The second-order valence-electron chi connectivity index (χ2n) is 5.67. The van der Waals surface area contributed by atoms with Crippen LogP contribution in [0.15, 0.2) is 18.2 Å². The Morgan fingerprint density at radius 2 is 1.78 bits per heavy atom. The summed E-state index contributed by atoms with van der Waals surface area (Å²) in [5.41, 5.74) is 3.41. The first-order valence-corrected chi connectivity index (χ1v) is 8.42. The summed E-state index contributed by atoms with van der Waals surface area (Å²) in [5.74, 6) is 0. The predicted octanol–water partition coefficient (Wildman–Crippen LogP) is 3.93. The monoisotopic (exact) mass is 288 g/mol. The van der Waals surface area contributed by atoms with Crippen molar-refractivity contribution in [2.24, 2.45) is 0 Å². The highest BCUT2D eigenvalue weighted by Gasteiger charge is 2.29. The van der Waals surface area contributed by atoms with E-state index in [0.29, 0.717) is 6.42 Å². The van der Waals surface area contributed by atoms with Crippen LogP contribution < -0.4 is 0 Å². The Bertz CT molecular complexity index is 533. The van der Waals surface area contributed by atoms with Crippen LogP contribution in [0.25, 0.3) is 0 Å². The molecule has 18 heavy (non-hydrogen) atoms. The van der Waals surface area contributed by atoms with E-state index in [4.69, 9.17) is 10.7 Å². The first-order chi connectivity index (χ1) is 8.04. The zero-order valence-corrected chi connectivity index (χ0v) is 13.2. The topological polar surface area (TPSA) is 34.1 Å². The Hall–Kier alpha value is -0.540. The fourth-order valence-corrected chi connectivity index (χ4v) is 2.90. The number of halogens is 1. The van der Waals surface area contributed by atoms with Gasteiger partial charge in [0.25, 0.3) is 0 Å². The summed E-state index contributed by atoms with van der Waals surface area (Å²) in [6.07, 6.45) is 0.515. The van der Waals surface area contributed by atoms with Crippen molar-refractivity contribution >= 4 is 19.7 Å². The third kappa shape index (κ3) is 3.72. The molecule has 1 atom stereocenters. The molecule has 0 fully saturated rings. The maximum absolute atomic E-state index is 11.3. The van der Waals surface area contributed by atoms with Gasteiger partial charge >= 0.3 is 0 Å². The number of benzene rings is 1. The maximum Gasteiger partial charge on any atom is 0.235 e. The quantitative estimate of drug-likeness (QED) is 0.787. The molecule has 1 rings (SSSR count). The molecule has 0 radical (unpaired) electrons. The highest BCUT2D eigenvalue weighted by molar-refractivity contribution is 8.14. The molecule has 0 N–H and O–H groups in total. The molecule has 1 aromatic rings. The van der Waals surface area contributed by atoms with Gasteiger partial charge in [-0.05, 0) is 49.3 Å². The van der Waals surface area contributed by atoms with E-state index < -0.39 is 14.3 Å². The fraction of sp³-hybridized carbons (Fsp3) is 0.571. The molecular weight excluding hydrogens is 268 g/mol. The van der Waals surface area contributed by atoms with Gasteiger partial charge in [-0.25, -0.2) is 8.42 Å². The molecule has 0 saturated carbocycles. The molecular formula is C14H21ClO2S. The molecule has 0 aliphatic heterocycles. The second-order valence-corrected chi connectivity index (χ2v) is 8.72. The van der Waals surface area contributed by atoms with Crippen molar-refractivity contribution in [3.63, 3.8) is 0 Å². The van der Waals surface area contributed by atoms with E-state index >= 15 is 0 Å². The van der Waals surface area contributed by atoms with Crippen LogP contribution in [0, 0.1) is 13.8 Å². The lowest BCUT2D eigenvalue weighted by Gasteiger charge is -2.28. The van der Waals surface area contributed by atoms with Gasteiger partial charge in [0.15, 0.2) is 0 Å². The lowest BCUT2D eigenvalue weighted by Crippen LogP contribution is -2.26. The highest BCUT2D eigenvalue weighted by atomic mass is 35.7. The zero-order valence-electron chi connectivity index (χ0n) is 11.6. The second kappa shape index (κ2) is 5.22. The summed E-state index contributed by atoms with van der Waals surface area (Å²) in [6.45, 7) is 9.89. The van der Waals surface area contributed by atoms with Crippen molar-refractivity contribution in [1.82, 2.24) is 0 Å². The van der Waals surface area contributed by atoms with Gasteiger partial charge in [-0.1, -0.05) is 32.0 Å². The van der Waals surface area contributed by atoms with Crippen LogP contribution in [0.3, 0.4) is 0 Å². The van der Waals surface area contributed by atoms with Gasteiger partial charge < -0.3 is 0 Å². The van der Waals surface area contributed by atoms with Crippen molar-refractivity contribution in [2.45, 2.75) is 51.7 Å². The Labute approximate surface area is 115 Å². The largest absolute Gasteiger partial charge is 0.235 e. The normalized spacial score (nSPS) is 14.6. The molecule has 102 valence electrons. The van der Waals surface area contributed by atoms with Crippen LogP contribution in [-0.2, 0) is 14.5 Å². The first kappa shape index (κ1) is 15.5. The molecule has 0 aliphatic carbocycles. The van der Waals surface area contributed by atoms with Gasteiger partial charge in [-0.2, -0.15) is 0 Å². The Morgan fingerprint density at radius 1 is 1.22 bits per heavy atom. The van der Waals surface area contributed by atoms with Gasteiger partial charge in [0, 0.05) is 10.7 Å². The summed E-state index contributed by atoms with van der Waals surface area (Å²) in [6, 6.07) is 6.27. The Morgan fingerprint density at radius 3 is 2.22 bits per heavy atom. The smallest absolute Gasteiger partial charge is 0.212 e. The van der Waals surface area contributed by atoms with Crippen molar-refractivity contribution in [3.05, 3.63) is 34.9 Å². The minimum atomic E-state index is -3.49. The van der Waals surface area contributed by atoms with E-state index in [1.54, 1.807) is 6.92 Å². The van der Waals surface area contributed by atoms with Crippen LogP contribution in [0.5, 0.6) is 0 Å². The number of rotatable bonds is 4. The lowest BCUT2D eigenvalue weighted by molar-refractivity contribution is 0.467. The molecule has 0 spiro atoms. The van der Waals surface area contributed by atoms with E-state index in [9.17, 15) is 8.42 Å². The number of hydrogen-bond donors (Lipinski definition) is 0. The third-order valence-electron chi connectivity index (χ3n) is 3.57. The molecule has 0 heterocycles. The van der Waals surface area contributed by atoms with Crippen molar-refractivity contribution in [2.75, 3.05) is 0 Å². The minimum Gasteiger partial charge on any atom is -0.212 e. The van der Waals surface area contributed by atoms with Crippen LogP contribution in [-0.4, -0.2) is 13.7 Å². The summed E-state index contributed by atoms with van der Waals surface area (Å²) in [5, 5.41) is -0.546. The molecule has 0 saturated heterocycles. The van der Waals surface area contributed by atoms with Crippen LogP contribution in [0.4, 0.5) is 0 Å². The van der Waals surface area contributed by atoms with Gasteiger partial charge in [0.1, 0.15) is 0 Å². The fourth-order valence-electron chi connectivity index (χ4n) is 2.10. The molecule has 1 aromatic carbocycles. The van der Waals surface area contributed by atoms with Crippen molar-refractivity contribution < 1.29 is 8.42 Å². The van der Waals surface area contributed by atoms with E-state index in [2.05, 4.69) is 45.9 Å². The summed E-state index contributed by atoms with van der Waals surface area (Å²) in [7, 11) is 1.92. The Kier molecular flexibility index (Phi) is 4.50. The number of hydrogen-bond acceptors (Lipinski definition) is 2. The Balaban J connectivity index is 3.02. The average molecular weight is 289 g/mol. The van der Waals surface area contributed by atoms with Crippen LogP contribution in [0.1, 0.15) is 43.9 Å². The van der Waals surface area contributed by atoms with E-state index in [1.807, 2.05) is 0 Å². The van der Waals surface area contributed by atoms with E-state index in [1.165, 1.54) is 11.1 Å². The molecule has 4 heteroatoms. The minimum absolute atomic E-state index is 0.208. The summed E-state index contributed by atoms with van der Waals surface area (Å²) < 4.78 is 22.7. The van der Waals surface area contributed by atoms with Gasteiger partial charge in [0.2, 0.25) is 9.05 Å². The molecule has 0 amide bonds. The third-order valence-corrected chi connectivity index (χ3v) is 5.61. The van der Waals surface area contributed by atoms with E-state index in [-0.39, 0.29) is 5.41 Å². The average Bonchev–Trinajstić information content (AvgIpc) is 2.19. The number of aryl methyl sites for hydroxylation is 2. The summed E-state index contributed by atoms with van der Waals surface area (Å²) in [4.78, 5) is 0. The summed E-state index contributed by atoms with van der Waals surface area (Å²) >= 11 is 0.